The maximum atomic E-state index is 13.6. The Morgan fingerprint density at radius 3 is 1.17 bits per heavy atom. The summed E-state index contributed by atoms with van der Waals surface area (Å²) in [6.45, 7) is 6.84. The molecule has 0 rings (SSSR count). The number of quaternary nitrogens is 1. The molecular formula is C71H133N2O7P. The van der Waals surface area contributed by atoms with Crippen molar-refractivity contribution in [2.75, 3.05) is 40.9 Å². The number of ether oxygens (including phenoxy) is 1. The number of phosphoric acid groups is 1. The number of carbonyl (C=O) groups excluding carboxylic acids is 2. The Labute approximate surface area is 502 Å². The molecule has 0 spiro atoms. The molecule has 81 heavy (non-hydrogen) atoms. The van der Waals surface area contributed by atoms with Crippen molar-refractivity contribution in [3.05, 3.63) is 60.8 Å². The highest BCUT2D eigenvalue weighted by atomic mass is 31.2. The Balaban J connectivity index is 5.05. The predicted molar refractivity (Wildman–Crippen MR) is 349 cm³/mol. The standard InChI is InChI=1S/C71H133N2O7P/c1-7-10-13-16-19-22-25-28-30-31-32-33-34-35-36-37-38-39-40-41-43-45-48-51-54-57-60-63-70(74)72-68(67-79-81(76,77)78-66-65-73(4,5)6)69(62-59-56-53-50-47-44-27-24-21-18-15-12-9-3)80-71(75)64-61-58-55-52-49-46-42-29-26-23-20-17-14-11-8-2/h19,22-23,26,28,30,32-33,59,62,68-69H,7-18,20-21,24-25,27,29,31,34-58,60-61,63-67H2,1-6H3,(H-,72,74,76,77)/b22-19-,26-23-,30-28-,33-32-,62-59-. The van der Waals surface area contributed by atoms with Crippen LogP contribution >= 0.6 is 7.82 Å². The molecule has 0 aliphatic rings. The minimum absolute atomic E-state index is 0.0228. The molecule has 0 aromatic heterocycles. The zero-order valence-corrected chi connectivity index (χ0v) is 55.1. The van der Waals surface area contributed by atoms with E-state index in [-0.39, 0.29) is 31.5 Å². The van der Waals surface area contributed by atoms with E-state index < -0.39 is 20.0 Å². The third-order valence-corrected chi connectivity index (χ3v) is 16.4. The van der Waals surface area contributed by atoms with E-state index in [1.54, 1.807) is 0 Å². The van der Waals surface area contributed by atoms with E-state index in [1.807, 2.05) is 33.3 Å². The molecule has 0 saturated carbocycles. The van der Waals surface area contributed by atoms with E-state index in [4.69, 9.17) is 13.8 Å². The Bertz CT molecular complexity index is 1570. The van der Waals surface area contributed by atoms with Gasteiger partial charge in [0.2, 0.25) is 5.91 Å². The highest BCUT2D eigenvalue weighted by molar-refractivity contribution is 7.45. The molecule has 3 unspecified atom stereocenters. The number of likely N-dealkylation sites (N-methyl/N-ethyl adjacent to an activating group) is 1. The fourth-order valence-corrected chi connectivity index (χ4v) is 10.8. The van der Waals surface area contributed by atoms with Gasteiger partial charge in [-0.3, -0.25) is 14.2 Å². The smallest absolute Gasteiger partial charge is 0.306 e. The molecule has 9 nitrogen and oxygen atoms in total. The zero-order chi connectivity index (χ0) is 59.3. The van der Waals surface area contributed by atoms with Crippen LogP contribution in [0.4, 0.5) is 0 Å². The zero-order valence-electron chi connectivity index (χ0n) is 54.2. The molecule has 3 atom stereocenters. The van der Waals surface area contributed by atoms with Crippen LogP contribution in [0.3, 0.4) is 0 Å². The van der Waals surface area contributed by atoms with Crippen molar-refractivity contribution < 1.29 is 37.3 Å². The third kappa shape index (κ3) is 62.1. The van der Waals surface area contributed by atoms with Crippen molar-refractivity contribution >= 4 is 19.7 Å². The largest absolute Gasteiger partial charge is 0.756 e. The van der Waals surface area contributed by atoms with Crippen molar-refractivity contribution in [3.63, 3.8) is 0 Å². The number of rotatable bonds is 63. The SMILES string of the molecule is CCCCC/C=C\C/C=C\C/C=C\CCCCCCCCCCCCCCCCC(=O)NC(COP(=O)([O-])OCC[N+](C)(C)C)C(/C=C\CCCCCCCCCCCCC)OC(=O)CCCCCCCCC/C=C\CCCCCC. The first-order valence-electron chi connectivity index (χ1n) is 34.6. The normalized spacial score (nSPS) is 13.9. The highest BCUT2D eigenvalue weighted by Gasteiger charge is 2.27. The van der Waals surface area contributed by atoms with E-state index in [0.29, 0.717) is 17.4 Å². The number of hydrogen-bond acceptors (Lipinski definition) is 7. The molecular weight excluding hydrogens is 1020 g/mol. The summed E-state index contributed by atoms with van der Waals surface area (Å²) in [7, 11) is 1.19. The number of amides is 1. The minimum atomic E-state index is -4.70. The monoisotopic (exact) mass is 1160 g/mol. The van der Waals surface area contributed by atoms with Crippen LogP contribution in [-0.4, -0.2) is 69.4 Å². The first kappa shape index (κ1) is 78.7. The van der Waals surface area contributed by atoms with Gasteiger partial charge in [0.1, 0.15) is 19.3 Å². The molecule has 10 heteroatoms. The Morgan fingerprint density at radius 1 is 0.432 bits per heavy atom. The molecule has 0 aromatic carbocycles. The molecule has 0 bridgehead atoms. The van der Waals surface area contributed by atoms with Gasteiger partial charge in [0.25, 0.3) is 7.82 Å². The maximum Gasteiger partial charge on any atom is 0.306 e. The van der Waals surface area contributed by atoms with E-state index in [0.717, 1.165) is 83.5 Å². The van der Waals surface area contributed by atoms with Gasteiger partial charge in [-0.15, -0.1) is 0 Å². The molecule has 0 fully saturated rings. The number of nitrogens with one attached hydrogen (secondary N) is 1. The number of unbranched alkanes of at least 4 members (excludes halogenated alkanes) is 39. The first-order valence-corrected chi connectivity index (χ1v) is 36.1. The summed E-state index contributed by atoms with van der Waals surface area (Å²) < 4.78 is 30.4. The first-order chi connectivity index (χ1) is 39.4. The molecule has 474 valence electrons. The summed E-state index contributed by atoms with van der Waals surface area (Å²) in [4.78, 5) is 40.1. The predicted octanol–water partition coefficient (Wildman–Crippen LogP) is 21.2. The average molecular weight is 1160 g/mol. The van der Waals surface area contributed by atoms with Crippen LogP contribution in [0.15, 0.2) is 60.8 Å². The number of esters is 1. The summed E-state index contributed by atoms with van der Waals surface area (Å²) >= 11 is 0. The van der Waals surface area contributed by atoms with E-state index >= 15 is 0 Å². The molecule has 1 N–H and O–H groups in total. The fourth-order valence-electron chi connectivity index (χ4n) is 10.1. The summed E-state index contributed by atoms with van der Waals surface area (Å²) in [5.41, 5.74) is 0. The number of carbonyl (C=O) groups is 2. The van der Waals surface area contributed by atoms with Crippen LogP contribution in [0, 0.1) is 0 Å². The molecule has 0 aromatic rings. The van der Waals surface area contributed by atoms with Gasteiger partial charge in [-0.25, -0.2) is 0 Å². The molecule has 0 aliphatic heterocycles. The van der Waals surface area contributed by atoms with Crippen molar-refractivity contribution in [1.82, 2.24) is 5.32 Å². The Morgan fingerprint density at radius 2 is 0.753 bits per heavy atom. The number of allylic oxidation sites excluding steroid dienone is 9. The van der Waals surface area contributed by atoms with Gasteiger partial charge < -0.3 is 28.5 Å². The quantitative estimate of drug-likeness (QED) is 0.0212. The van der Waals surface area contributed by atoms with Crippen LogP contribution in [-0.2, 0) is 27.9 Å². The Kier molecular flexibility index (Phi) is 59.1. The van der Waals surface area contributed by atoms with Gasteiger partial charge in [-0.2, -0.15) is 0 Å². The van der Waals surface area contributed by atoms with Crippen LogP contribution in [0.5, 0.6) is 0 Å². The summed E-state index contributed by atoms with van der Waals surface area (Å²) in [6.07, 6.45) is 77.6. The lowest BCUT2D eigenvalue weighted by Crippen LogP contribution is -2.47. The lowest BCUT2D eigenvalue weighted by molar-refractivity contribution is -0.870. The number of phosphoric ester groups is 1. The van der Waals surface area contributed by atoms with Crippen molar-refractivity contribution in [3.8, 4) is 0 Å². The van der Waals surface area contributed by atoms with Gasteiger partial charge in [-0.1, -0.05) is 281 Å². The molecule has 0 aliphatic carbocycles. The lowest BCUT2D eigenvalue weighted by atomic mass is 10.0. The number of nitrogens with zero attached hydrogens (tertiary/aromatic N) is 1. The van der Waals surface area contributed by atoms with E-state index in [1.165, 1.54) is 212 Å². The highest BCUT2D eigenvalue weighted by Crippen LogP contribution is 2.38. The molecule has 0 radical (unpaired) electrons. The molecule has 0 heterocycles. The van der Waals surface area contributed by atoms with Crippen LogP contribution < -0.4 is 10.2 Å². The molecule has 1 amide bonds. The van der Waals surface area contributed by atoms with Gasteiger partial charge in [0, 0.05) is 12.8 Å². The second-order valence-electron chi connectivity index (χ2n) is 24.7. The van der Waals surface area contributed by atoms with Gasteiger partial charge in [-0.05, 0) is 96.0 Å². The number of hydrogen-bond donors (Lipinski definition) is 1. The summed E-state index contributed by atoms with van der Waals surface area (Å²) in [5, 5.41) is 3.04. The molecule has 0 saturated heterocycles. The van der Waals surface area contributed by atoms with Crippen molar-refractivity contribution in [2.24, 2.45) is 0 Å². The second kappa shape index (κ2) is 60.8. The van der Waals surface area contributed by atoms with Gasteiger partial charge in [0.15, 0.2) is 0 Å². The van der Waals surface area contributed by atoms with Gasteiger partial charge in [0.05, 0.1) is 33.8 Å². The maximum absolute atomic E-state index is 13.6. The van der Waals surface area contributed by atoms with Crippen LogP contribution in [0.25, 0.3) is 0 Å². The lowest BCUT2D eigenvalue weighted by Gasteiger charge is -2.30. The summed E-state index contributed by atoms with van der Waals surface area (Å²) in [5.74, 6) is -0.536. The van der Waals surface area contributed by atoms with Crippen molar-refractivity contribution in [2.45, 2.75) is 341 Å². The average Bonchev–Trinajstić information content (AvgIpc) is 3.44. The third-order valence-electron chi connectivity index (χ3n) is 15.4. The van der Waals surface area contributed by atoms with Crippen LogP contribution in [0.1, 0.15) is 329 Å². The van der Waals surface area contributed by atoms with Crippen molar-refractivity contribution in [1.29, 1.82) is 0 Å². The van der Waals surface area contributed by atoms with Crippen LogP contribution in [0.2, 0.25) is 0 Å². The van der Waals surface area contributed by atoms with E-state index in [2.05, 4.69) is 74.7 Å². The Hall–Kier alpha value is -2.29. The minimum Gasteiger partial charge on any atom is -0.756 e. The topological polar surface area (TPSA) is 114 Å². The fraction of sp³-hybridized carbons (Fsp3) is 0.831. The van der Waals surface area contributed by atoms with E-state index in [9.17, 15) is 19.0 Å². The summed E-state index contributed by atoms with van der Waals surface area (Å²) in [6, 6.07) is -0.891. The van der Waals surface area contributed by atoms with Gasteiger partial charge >= 0.3 is 5.97 Å². The second-order valence-corrected chi connectivity index (χ2v) is 26.1.